The molecule has 0 aromatic heterocycles. The number of ether oxygens (including phenoxy) is 1. The van der Waals surface area contributed by atoms with Crippen LogP contribution in [0.4, 0.5) is 0 Å². The average molecular weight is 362 g/mol. The van der Waals surface area contributed by atoms with Crippen molar-refractivity contribution in [3.05, 3.63) is 47.7 Å². The third-order valence-electron chi connectivity index (χ3n) is 3.93. The number of rotatable bonds is 6. The summed E-state index contributed by atoms with van der Waals surface area (Å²) in [5.41, 5.74) is 0.988. The molecule has 25 heavy (non-hydrogen) atoms. The maximum Gasteiger partial charge on any atom is 0.337 e. The first-order valence-corrected chi connectivity index (χ1v) is 9.45. The minimum absolute atomic E-state index is 0.210. The molecule has 2 rings (SSSR count). The van der Waals surface area contributed by atoms with Gasteiger partial charge in [-0.25, -0.2) is 4.79 Å². The first-order valence-electron chi connectivity index (χ1n) is 8.05. The summed E-state index contributed by atoms with van der Waals surface area (Å²) in [4.78, 5) is 12.4. The zero-order valence-electron chi connectivity index (χ0n) is 14.4. The molecule has 0 aliphatic carbocycles. The van der Waals surface area contributed by atoms with Crippen LogP contribution < -0.4 is 0 Å². The van der Waals surface area contributed by atoms with E-state index < -0.39 is 22.2 Å². The number of likely N-dealkylation sites (N-methyl/N-ethyl adjacent to an activating group) is 1. The molecule has 6 nitrogen and oxygen atoms in total. The van der Waals surface area contributed by atoms with Gasteiger partial charge in [-0.2, -0.15) is 12.7 Å². The molecule has 1 aromatic rings. The standard InChI is InChI=1S/C18H22N2O4S/c1-4-6-10-13-20-14-16(18(21)24-5-2)17(19(3)25(20,22)23)15-11-8-7-9-12-15/h1,7-9,11-12,14,17H,5-6,10,13H2,2-3H3. The highest BCUT2D eigenvalue weighted by Gasteiger charge is 2.41. The third-order valence-corrected chi connectivity index (χ3v) is 5.75. The lowest BCUT2D eigenvalue weighted by Crippen LogP contribution is -2.47. The van der Waals surface area contributed by atoms with Crippen molar-refractivity contribution in [2.45, 2.75) is 25.8 Å². The second-order valence-corrected chi connectivity index (χ2v) is 7.50. The Morgan fingerprint density at radius 3 is 2.60 bits per heavy atom. The van der Waals surface area contributed by atoms with Gasteiger partial charge in [0.25, 0.3) is 0 Å². The van der Waals surface area contributed by atoms with Crippen LogP contribution in [-0.4, -0.2) is 43.2 Å². The molecule has 0 N–H and O–H groups in total. The molecule has 1 heterocycles. The Morgan fingerprint density at radius 1 is 1.32 bits per heavy atom. The van der Waals surface area contributed by atoms with Gasteiger partial charge in [0.15, 0.2) is 0 Å². The molecule has 1 aliphatic rings. The molecule has 1 atom stereocenters. The average Bonchev–Trinajstić information content (AvgIpc) is 2.59. The van der Waals surface area contributed by atoms with Crippen LogP contribution in [0.5, 0.6) is 0 Å². The van der Waals surface area contributed by atoms with E-state index in [-0.39, 0.29) is 18.7 Å². The minimum Gasteiger partial charge on any atom is -0.463 e. The van der Waals surface area contributed by atoms with Crippen molar-refractivity contribution in [3.8, 4) is 12.3 Å². The van der Waals surface area contributed by atoms with Gasteiger partial charge < -0.3 is 4.74 Å². The summed E-state index contributed by atoms with van der Waals surface area (Å²) in [5, 5.41) is 0. The fourth-order valence-electron chi connectivity index (χ4n) is 2.71. The van der Waals surface area contributed by atoms with Crippen LogP contribution in [0.3, 0.4) is 0 Å². The Hall–Kier alpha value is -2.30. The van der Waals surface area contributed by atoms with E-state index in [1.807, 2.05) is 6.07 Å². The Labute approximate surface area is 149 Å². The SMILES string of the molecule is C#CCCCN1C=C(C(=O)OCC)C(c2ccccc2)N(C)S1(=O)=O. The van der Waals surface area contributed by atoms with E-state index in [1.165, 1.54) is 17.6 Å². The summed E-state index contributed by atoms with van der Waals surface area (Å²) in [6.45, 7) is 2.14. The largest absolute Gasteiger partial charge is 0.463 e. The van der Waals surface area contributed by atoms with Crippen LogP contribution in [0.25, 0.3) is 0 Å². The molecule has 1 aliphatic heterocycles. The molecule has 1 aromatic carbocycles. The number of terminal acetylenes is 1. The smallest absolute Gasteiger partial charge is 0.337 e. The summed E-state index contributed by atoms with van der Waals surface area (Å²) in [7, 11) is -2.28. The van der Waals surface area contributed by atoms with E-state index in [0.29, 0.717) is 18.4 Å². The van der Waals surface area contributed by atoms with Gasteiger partial charge in [0.1, 0.15) is 0 Å². The Morgan fingerprint density at radius 2 is 2.00 bits per heavy atom. The molecule has 0 radical (unpaired) electrons. The van der Waals surface area contributed by atoms with Crippen LogP contribution in [-0.2, 0) is 19.7 Å². The monoisotopic (exact) mass is 362 g/mol. The molecule has 134 valence electrons. The van der Waals surface area contributed by atoms with Crippen LogP contribution >= 0.6 is 0 Å². The van der Waals surface area contributed by atoms with Gasteiger partial charge >= 0.3 is 16.2 Å². The summed E-state index contributed by atoms with van der Waals surface area (Å²) in [6, 6.07) is 8.29. The number of benzene rings is 1. The van der Waals surface area contributed by atoms with E-state index in [9.17, 15) is 13.2 Å². The highest BCUT2D eigenvalue weighted by molar-refractivity contribution is 7.86. The van der Waals surface area contributed by atoms with Crippen LogP contribution in [0.15, 0.2) is 42.1 Å². The molecular formula is C18H22N2O4S. The third kappa shape index (κ3) is 4.03. The van der Waals surface area contributed by atoms with E-state index in [1.54, 1.807) is 31.2 Å². The van der Waals surface area contributed by atoms with Crippen molar-refractivity contribution in [1.82, 2.24) is 8.61 Å². The van der Waals surface area contributed by atoms with E-state index >= 15 is 0 Å². The number of unbranched alkanes of at least 4 members (excludes halogenated alkanes) is 1. The zero-order chi connectivity index (χ0) is 18.4. The van der Waals surface area contributed by atoms with Gasteiger partial charge in [-0.05, 0) is 18.9 Å². The number of hydrogen-bond donors (Lipinski definition) is 0. The molecule has 0 fully saturated rings. The second-order valence-electron chi connectivity index (χ2n) is 5.56. The lowest BCUT2D eigenvalue weighted by molar-refractivity contribution is -0.139. The van der Waals surface area contributed by atoms with Gasteiger partial charge in [0.2, 0.25) is 0 Å². The van der Waals surface area contributed by atoms with Gasteiger partial charge in [-0.1, -0.05) is 30.3 Å². The van der Waals surface area contributed by atoms with E-state index in [2.05, 4.69) is 5.92 Å². The fraction of sp³-hybridized carbons (Fsp3) is 0.389. The molecule has 0 amide bonds. The minimum atomic E-state index is -3.75. The molecule has 7 heteroatoms. The van der Waals surface area contributed by atoms with E-state index in [4.69, 9.17) is 11.2 Å². The first-order chi connectivity index (χ1) is 11.9. The van der Waals surface area contributed by atoms with Crippen LogP contribution in [0.2, 0.25) is 0 Å². The van der Waals surface area contributed by atoms with E-state index in [0.717, 1.165) is 4.31 Å². The Kier molecular flexibility index (Phi) is 6.23. The number of hydrogen-bond acceptors (Lipinski definition) is 4. The van der Waals surface area contributed by atoms with Crippen molar-refractivity contribution in [1.29, 1.82) is 0 Å². The summed E-state index contributed by atoms with van der Waals surface area (Å²) in [5.74, 6) is 1.96. The van der Waals surface area contributed by atoms with Gasteiger partial charge in [0, 0.05) is 26.2 Å². The lowest BCUT2D eigenvalue weighted by Gasteiger charge is -2.38. The van der Waals surface area contributed by atoms with Crippen molar-refractivity contribution in [2.24, 2.45) is 0 Å². The van der Waals surface area contributed by atoms with Crippen molar-refractivity contribution in [3.63, 3.8) is 0 Å². The molecule has 0 saturated heterocycles. The second kappa shape index (κ2) is 8.19. The molecule has 1 unspecified atom stereocenters. The predicted octanol–water partition coefficient (Wildman–Crippen LogP) is 2.08. The first kappa shape index (κ1) is 19.0. The normalized spacial score (nSPS) is 19.8. The molecule has 0 bridgehead atoms. The highest BCUT2D eigenvalue weighted by atomic mass is 32.2. The Balaban J connectivity index is 2.49. The number of nitrogens with zero attached hydrogens (tertiary/aromatic N) is 2. The summed E-state index contributed by atoms with van der Waals surface area (Å²) < 4.78 is 33.1. The number of carbonyl (C=O) groups is 1. The zero-order valence-corrected chi connectivity index (χ0v) is 15.2. The van der Waals surface area contributed by atoms with Crippen LogP contribution in [0, 0.1) is 12.3 Å². The highest BCUT2D eigenvalue weighted by Crippen LogP contribution is 2.36. The fourth-order valence-corrected chi connectivity index (χ4v) is 4.15. The van der Waals surface area contributed by atoms with Gasteiger partial charge in [0.05, 0.1) is 18.2 Å². The Bertz CT molecular complexity index is 781. The topological polar surface area (TPSA) is 66.9 Å². The number of esters is 1. The van der Waals surface area contributed by atoms with Gasteiger partial charge in [-0.3, -0.25) is 4.31 Å². The maximum absolute atomic E-state index is 12.8. The predicted molar refractivity (Wildman–Crippen MR) is 95.4 cm³/mol. The van der Waals surface area contributed by atoms with Crippen molar-refractivity contribution < 1.29 is 17.9 Å². The summed E-state index contributed by atoms with van der Waals surface area (Å²) in [6.07, 6.45) is 7.58. The van der Waals surface area contributed by atoms with Crippen LogP contribution in [0.1, 0.15) is 31.4 Å². The number of carbonyl (C=O) groups excluding carboxylic acids is 1. The molecule has 0 saturated carbocycles. The van der Waals surface area contributed by atoms with Gasteiger partial charge in [-0.15, -0.1) is 12.3 Å². The van der Waals surface area contributed by atoms with Crippen molar-refractivity contribution >= 4 is 16.2 Å². The lowest BCUT2D eigenvalue weighted by atomic mass is 9.99. The quantitative estimate of drug-likeness (QED) is 0.441. The van der Waals surface area contributed by atoms with Crippen molar-refractivity contribution in [2.75, 3.05) is 20.2 Å². The molecule has 0 spiro atoms. The maximum atomic E-state index is 12.8. The molecular weight excluding hydrogens is 340 g/mol. The summed E-state index contributed by atoms with van der Waals surface area (Å²) >= 11 is 0.